The van der Waals surface area contributed by atoms with Gasteiger partial charge in [0.05, 0.1) is 0 Å². The summed E-state index contributed by atoms with van der Waals surface area (Å²) in [4.78, 5) is 6.39. The van der Waals surface area contributed by atoms with Crippen LogP contribution < -0.4 is 5.32 Å². The molecular weight excluding hydrogens is 218 g/mol. The number of nitrogens with zero attached hydrogens (tertiary/aromatic N) is 2. The van der Waals surface area contributed by atoms with E-state index < -0.39 is 0 Å². The molecule has 1 heterocycles. The molecule has 1 rings (SSSR count). The molecule has 0 bridgehead atoms. The van der Waals surface area contributed by atoms with Crippen molar-refractivity contribution >= 4 is 28.1 Å². The van der Waals surface area contributed by atoms with Crippen molar-refractivity contribution in [2.45, 2.75) is 19.9 Å². The average Bonchev–Trinajstić information content (AvgIpc) is 2.51. The van der Waals surface area contributed by atoms with E-state index in [1.807, 2.05) is 5.38 Å². The molecule has 0 fully saturated rings. The maximum absolute atomic E-state index is 5.70. The van der Waals surface area contributed by atoms with Crippen molar-refractivity contribution in [3.8, 4) is 0 Å². The Bertz CT molecular complexity index is 275. The summed E-state index contributed by atoms with van der Waals surface area (Å²) < 4.78 is 0. The fraction of sp³-hybridized carbons (Fsp3) is 0.667. The minimum absolute atomic E-state index is 0.565. The second-order valence-corrected chi connectivity index (χ2v) is 4.72. The summed E-state index contributed by atoms with van der Waals surface area (Å²) in [5.74, 6) is 0. The fourth-order valence-corrected chi connectivity index (χ4v) is 1.80. The van der Waals surface area contributed by atoms with Gasteiger partial charge in [0.1, 0.15) is 5.15 Å². The quantitative estimate of drug-likeness (QED) is 0.847. The Morgan fingerprint density at radius 1 is 1.64 bits per heavy atom. The van der Waals surface area contributed by atoms with Crippen molar-refractivity contribution in [1.29, 1.82) is 0 Å². The number of thiazole rings is 1. The third kappa shape index (κ3) is 3.82. The standard InChI is InChI=1S/C9H16ClN3S/c1-7(2)13(3)5-4-11-9-12-8(10)6-14-9/h6-7H,4-5H2,1-3H3,(H,11,12). The highest BCUT2D eigenvalue weighted by Gasteiger charge is 2.03. The van der Waals surface area contributed by atoms with E-state index in [9.17, 15) is 0 Å². The molecule has 3 nitrogen and oxygen atoms in total. The van der Waals surface area contributed by atoms with Gasteiger partial charge in [-0.1, -0.05) is 11.6 Å². The summed E-state index contributed by atoms with van der Waals surface area (Å²) in [6.07, 6.45) is 0. The Hall–Kier alpha value is -0.320. The van der Waals surface area contributed by atoms with E-state index in [-0.39, 0.29) is 0 Å². The summed E-state index contributed by atoms with van der Waals surface area (Å²) in [7, 11) is 2.11. The maximum Gasteiger partial charge on any atom is 0.184 e. The normalized spacial score (nSPS) is 11.3. The molecule has 14 heavy (non-hydrogen) atoms. The van der Waals surface area contributed by atoms with Crippen LogP contribution in [0.25, 0.3) is 0 Å². The van der Waals surface area contributed by atoms with Crippen molar-refractivity contribution in [1.82, 2.24) is 9.88 Å². The predicted octanol–water partition coefficient (Wildman–Crippen LogP) is 2.55. The van der Waals surface area contributed by atoms with E-state index in [1.165, 1.54) is 11.3 Å². The molecule has 0 amide bonds. The van der Waals surface area contributed by atoms with E-state index in [4.69, 9.17) is 11.6 Å². The Morgan fingerprint density at radius 3 is 2.86 bits per heavy atom. The van der Waals surface area contributed by atoms with Gasteiger partial charge in [0, 0.05) is 24.5 Å². The lowest BCUT2D eigenvalue weighted by atomic mass is 10.3. The summed E-state index contributed by atoms with van der Waals surface area (Å²) in [5, 5.41) is 6.52. The highest BCUT2D eigenvalue weighted by molar-refractivity contribution is 7.14. The molecular formula is C9H16ClN3S. The molecule has 80 valence electrons. The van der Waals surface area contributed by atoms with E-state index in [0.29, 0.717) is 11.2 Å². The molecule has 0 atom stereocenters. The van der Waals surface area contributed by atoms with E-state index in [2.05, 4.69) is 36.1 Å². The lowest BCUT2D eigenvalue weighted by Gasteiger charge is -2.20. The van der Waals surface area contributed by atoms with E-state index >= 15 is 0 Å². The zero-order valence-electron chi connectivity index (χ0n) is 8.75. The molecule has 0 unspecified atom stereocenters. The number of likely N-dealkylation sites (N-methyl/N-ethyl adjacent to an activating group) is 1. The highest BCUT2D eigenvalue weighted by atomic mass is 35.5. The number of rotatable bonds is 5. The van der Waals surface area contributed by atoms with Gasteiger partial charge in [0.2, 0.25) is 0 Å². The lowest BCUT2D eigenvalue weighted by Crippen LogP contribution is -2.31. The third-order valence-electron chi connectivity index (χ3n) is 2.10. The van der Waals surface area contributed by atoms with Gasteiger partial charge in [-0.3, -0.25) is 0 Å². The number of hydrogen-bond donors (Lipinski definition) is 1. The van der Waals surface area contributed by atoms with Crippen LogP contribution in [0.3, 0.4) is 0 Å². The molecule has 0 aliphatic heterocycles. The first-order valence-electron chi connectivity index (χ1n) is 4.64. The first-order chi connectivity index (χ1) is 6.59. The van der Waals surface area contributed by atoms with Crippen LogP contribution >= 0.6 is 22.9 Å². The summed E-state index contributed by atoms with van der Waals surface area (Å²) in [6, 6.07) is 0.580. The van der Waals surface area contributed by atoms with Crippen LogP contribution in [0, 0.1) is 0 Å². The SMILES string of the molecule is CC(C)N(C)CCNc1nc(Cl)cs1. The van der Waals surface area contributed by atoms with Crippen LogP contribution in [0.4, 0.5) is 5.13 Å². The minimum Gasteiger partial charge on any atom is -0.360 e. The van der Waals surface area contributed by atoms with Crippen LogP contribution in [-0.4, -0.2) is 36.1 Å². The van der Waals surface area contributed by atoms with Crippen molar-refractivity contribution in [3.63, 3.8) is 0 Å². The first-order valence-corrected chi connectivity index (χ1v) is 5.90. The van der Waals surface area contributed by atoms with Gasteiger partial charge in [0.15, 0.2) is 5.13 Å². The number of hydrogen-bond acceptors (Lipinski definition) is 4. The molecule has 5 heteroatoms. The Labute approximate surface area is 94.1 Å². The summed E-state index contributed by atoms with van der Waals surface area (Å²) in [6.45, 7) is 6.27. The number of nitrogens with one attached hydrogen (secondary N) is 1. The van der Waals surface area contributed by atoms with E-state index in [1.54, 1.807) is 0 Å². The lowest BCUT2D eigenvalue weighted by molar-refractivity contribution is 0.284. The first kappa shape index (κ1) is 11.8. The van der Waals surface area contributed by atoms with Gasteiger partial charge in [-0.05, 0) is 20.9 Å². The fourth-order valence-electron chi connectivity index (χ4n) is 0.933. The smallest absolute Gasteiger partial charge is 0.184 e. The maximum atomic E-state index is 5.70. The highest BCUT2D eigenvalue weighted by Crippen LogP contribution is 2.18. The van der Waals surface area contributed by atoms with Crippen molar-refractivity contribution < 1.29 is 0 Å². The number of anilines is 1. The van der Waals surface area contributed by atoms with Crippen LogP contribution in [0.2, 0.25) is 5.15 Å². The second kappa shape index (κ2) is 5.53. The Morgan fingerprint density at radius 2 is 2.36 bits per heavy atom. The van der Waals surface area contributed by atoms with Crippen molar-refractivity contribution in [2.24, 2.45) is 0 Å². The van der Waals surface area contributed by atoms with Crippen LogP contribution in [0.5, 0.6) is 0 Å². The van der Waals surface area contributed by atoms with Gasteiger partial charge in [0.25, 0.3) is 0 Å². The molecule has 0 radical (unpaired) electrons. The second-order valence-electron chi connectivity index (χ2n) is 3.48. The number of aromatic nitrogens is 1. The minimum atomic E-state index is 0.565. The molecule has 1 aromatic heterocycles. The Kier molecular flexibility index (Phi) is 4.65. The van der Waals surface area contributed by atoms with Gasteiger partial charge < -0.3 is 10.2 Å². The zero-order valence-corrected chi connectivity index (χ0v) is 10.3. The Balaban J connectivity index is 2.22. The molecule has 0 aromatic carbocycles. The average molecular weight is 234 g/mol. The van der Waals surface area contributed by atoms with Gasteiger partial charge in [-0.15, -0.1) is 11.3 Å². The van der Waals surface area contributed by atoms with Crippen LogP contribution in [0.1, 0.15) is 13.8 Å². The van der Waals surface area contributed by atoms with Gasteiger partial charge in [-0.25, -0.2) is 4.98 Å². The summed E-state index contributed by atoms with van der Waals surface area (Å²) >= 11 is 7.24. The van der Waals surface area contributed by atoms with Gasteiger partial charge >= 0.3 is 0 Å². The van der Waals surface area contributed by atoms with E-state index in [0.717, 1.165) is 18.2 Å². The molecule has 0 aliphatic rings. The van der Waals surface area contributed by atoms with Crippen LogP contribution in [-0.2, 0) is 0 Å². The molecule has 1 aromatic rings. The third-order valence-corrected chi connectivity index (χ3v) is 3.22. The van der Waals surface area contributed by atoms with Crippen molar-refractivity contribution in [3.05, 3.63) is 10.5 Å². The largest absolute Gasteiger partial charge is 0.360 e. The monoisotopic (exact) mass is 233 g/mol. The number of halogens is 1. The van der Waals surface area contributed by atoms with Crippen LogP contribution in [0.15, 0.2) is 5.38 Å². The van der Waals surface area contributed by atoms with Gasteiger partial charge in [-0.2, -0.15) is 0 Å². The molecule has 0 spiro atoms. The predicted molar refractivity (Wildman–Crippen MR) is 63.4 cm³/mol. The zero-order chi connectivity index (χ0) is 10.6. The van der Waals surface area contributed by atoms with Crippen molar-refractivity contribution in [2.75, 3.05) is 25.5 Å². The molecule has 0 saturated heterocycles. The topological polar surface area (TPSA) is 28.2 Å². The molecule has 0 aliphatic carbocycles. The molecule has 1 N–H and O–H groups in total. The molecule has 0 saturated carbocycles. The summed E-state index contributed by atoms with van der Waals surface area (Å²) in [5.41, 5.74) is 0.